The van der Waals surface area contributed by atoms with Crippen molar-refractivity contribution in [3.63, 3.8) is 0 Å². The first-order valence-electron chi connectivity index (χ1n) is 15.6. The molecule has 0 unspecified atom stereocenters. The molecule has 0 radical (unpaired) electrons. The summed E-state index contributed by atoms with van der Waals surface area (Å²) in [4.78, 5) is 67.0. The molecule has 9 nitrogen and oxygen atoms in total. The first-order valence-corrected chi connectivity index (χ1v) is 15.6. The number of benzene rings is 4. The van der Waals surface area contributed by atoms with E-state index in [9.17, 15) is 24.0 Å². The highest BCUT2D eigenvalue weighted by Crippen LogP contribution is 2.61. The highest BCUT2D eigenvalue weighted by atomic mass is 16.5. The van der Waals surface area contributed by atoms with Crippen molar-refractivity contribution in [2.45, 2.75) is 25.7 Å². The van der Waals surface area contributed by atoms with Gasteiger partial charge in [0, 0.05) is 17.5 Å². The summed E-state index contributed by atoms with van der Waals surface area (Å²) in [5, 5.41) is 2.62. The number of anilines is 2. The number of esters is 2. The van der Waals surface area contributed by atoms with Crippen molar-refractivity contribution in [3.8, 4) is 0 Å². The van der Waals surface area contributed by atoms with E-state index >= 15 is 0 Å². The van der Waals surface area contributed by atoms with Gasteiger partial charge in [0.2, 0.25) is 11.8 Å². The minimum Gasteiger partial charge on any atom is -0.462 e. The molecular formula is C38H32N2O7. The molecule has 4 aliphatic rings. The Bertz CT molecular complexity index is 1820. The summed E-state index contributed by atoms with van der Waals surface area (Å²) in [7, 11) is 0. The normalized spacial score (nSPS) is 20.4. The van der Waals surface area contributed by atoms with E-state index < -0.39 is 36.3 Å². The summed E-state index contributed by atoms with van der Waals surface area (Å²) in [6, 6.07) is 28.4. The van der Waals surface area contributed by atoms with E-state index in [1.54, 1.807) is 24.3 Å². The van der Waals surface area contributed by atoms with E-state index in [-0.39, 0.29) is 40.8 Å². The second-order valence-corrected chi connectivity index (χ2v) is 12.5. The van der Waals surface area contributed by atoms with Crippen LogP contribution in [0.25, 0.3) is 0 Å². The van der Waals surface area contributed by atoms with Gasteiger partial charge in [-0.25, -0.2) is 14.5 Å². The third kappa shape index (κ3) is 5.27. The smallest absolute Gasteiger partial charge is 0.338 e. The number of rotatable bonds is 8. The van der Waals surface area contributed by atoms with Crippen LogP contribution in [0.5, 0.6) is 0 Å². The van der Waals surface area contributed by atoms with Crippen LogP contribution in [-0.2, 0) is 23.9 Å². The second kappa shape index (κ2) is 12.0. The van der Waals surface area contributed by atoms with Crippen LogP contribution in [0.15, 0.2) is 97.1 Å². The van der Waals surface area contributed by atoms with Gasteiger partial charge in [-0.3, -0.25) is 14.4 Å². The Morgan fingerprint density at radius 2 is 1.21 bits per heavy atom. The molecule has 0 saturated carbocycles. The Labute approximate surface area is 271 Å². The number of hydrogen-bond donors (Lipinski definition) is 1. The fourth-order valence-electron chi connectivity index (χ4n) is 7.13. The van der Waals surface area contributed by atoms with Crippen LogP contribution in [-0.4, -0.2) is 42.9 Å². The van der Waals surface area contributed by atoms with Crippen molar-refractivity contribution in [2.75, 3.05) is 23.4 Å². The molecule has 3 aliphatic carbocycles. The maximum atomic E-state index is 14.1. The molecule has 3 amide bonds. The largest absolute Gasteiger partial charge is 0.462 e. The fraction of sp³-hybridized carbons (Fsp3) is 0.237. The third-order valence-corrected chi connectivity index (χ3v) is 9.08. The lowest BCUT2D eigenvalue weighted by molar-refractivity contribution is -0.122. The molecule has 0 aromatic heterocycles. The van der Waals surface area contributed by atoms with E-state index in [0.29, 0.717) is 17.9 Å². The van der Waals surface area contributed by atoms with Gasteiger partial charge in [-0.1, -0.05) is 68.4 Å². The molecule has 4 aromatic carbocycles. The number of ether oxygens (including phenoxy) is 2. The Kier molecular flexibility index (Phi) is 7.67. The number of carbonyl (C=O) groups is 5. The number of imide groups is 1. The van der Waals surface area contributed by atoms with Crippen LogP contribution in [0.3, 0.4) is 0 Å². The molecule has 1 aliphatic heterocycles. The standard InChI is InChI=1S/C38H32N2O7/c1-21(2)19-46-37(44)22-14-16-24(17-15-22)39-30(41)20-47-38(45)23-8-7-9-25(18-23)40-35(42)33-31-26-10-3-4-11-27(26)32(34(33)36(40)43)29-13-6-5-12-28(29)31/h3-18,21,31-34H,19-20H2,1-2H3,(H,39,41)/t31?,32?,33-,34+. The van der Waals surface area contributed by atoms with Gasteiger partial charge in [-0.05, 0) is 70.6 Å². The number of nitrogens with zero attached hydrogens (tertiary/aromatic N) is 1. The molecular weight excluding hydrogens is 596 g/mol. The number of hydrogen-bond acceptors (Lipinski definition) is 7. The van der Waals surface area contributed by atoms with Crippen molar-refractivity contribution in [1.29, 1.82) is 0 Å². The highest BCUT2D eigenvalue weighted by Gasteiger charge is 2.61. The zero-order valence-corrected chi connectivity index (χ0v) is 25.8. The highest BCUT2D eigenvalue weighted by molar-refractivity contribution is 6.23. The summed E-state index contributed by atoms with van der Waals surface area (Å²) >= 11 is 0. The molecule has 2 atom stereocenters. The maximum absolute atomic E-state index is 14.1. The van der Waals surface area contributed by atoms with Crippen LogP contribution >= 0.6 is 0 Å². The molecule has 9 heteroatoms. The van der Waals surface area contributed by atoms with Crippen molar-refractivity contribution >= 4 is 41.0 Å². The van der Waals surface area contributed by atoms with Crippen LogP contribution in [0.2, 0.25) is 0 Å². The number of carbonyl (C=O) groups excluding carboxylic acids is 5. The first-order chi connectivity index (χ1) is 22.7. The van der Waals surface area contributed by atoms with Gasteiger partial charge in [-0.2, -0.15) is 0 Å². The SMILES string of the molecule is CC(C)COC(=O)c1ccc(NC(=O)COC(=O)c2cccc(N3C(=O)[C@@H]4C5c6ccccc6C(c6ccccc65)[C@@H]4C3=O)c2)cc1. The van der Waals surface area contributed by atoms with E-state index in [2.05, 4.69) is 5.32 Å². The predicted molar refractivity (Wildman–Crippen MR) is 173 cm³/mol. The summed E-state index contributed by atoms with van der Waals surface area (Å²) < 4.78 is 10.5. The third-order valence-electron chi connectivity index (χ3n) is 9.08. The summed E-state index contributed by atoms with van der Waals surface area (Å²) in [6.45, 7) is 3.63. The predicted octanol–water partition coefficient (Wildman–Crippen LogP) is 5.69. The quantitative estimate of drug-likeness (QED) is 0.197. The topological polar surface area (TPSA) is 119 Å². The molecule has 2 bridgehead atoms. The number of amides is 3. The summed E-state index contributed by atoms with van der Waals surface area (Å²) in [5.74, 6) is -3.73. The molecule has 1 saturated heterocycles. The molecule has 47 heavy (non-hydrogen) atoms. The monoisotopic (exact) mass is 628 g/mol. The second-order valence-electron chi connectivity index (χ2n) is 12.5. The fourth-order valence-corrected chi connectivity index (χ4v) is 7.13. The van der Waals surface area contributed by atoms with Crippen LogP contribution in [0, 0.1) is 17.8 Å². The zero-order valence-electron chi connectivity index (χ0n) is 25.8. The van der Waals surface area contributed by atoms with Crippen molar-refractivity contribution in [2.24, 2.45) is 17.8 Å². The van der Waals surface area contributed by atoms with Gasteiger partial charge < -0.3 is 14.8 Å². The van der Waals surface area contributed by atoms with Crippen LogP contribution < -0.4 is 10.2 Å². The van der Waals surface area contributed by atoms with Gasteiger partial charge in [0.05, 0.1) is 35.3 Å². The van der Waals surface area contributed by atoms with Gasteiger partial charge in [0.25, 0.3) is 5.91 Å². The minimum absolute atomic E-state index is 0.101. The van der Waals surface area contributed by atoms with Crippen molar-refractivity contribution < 1.29 is 33.4 Å². The van der Waals surface area contributed by atoms with Gasteiger partial charge in [0.1, 0.15) is 0 Å². The van der Waals surface area contributed by atoms with Gasteiger partial charge in [0.15, 0.2) is 6.61 Å². The average molecular weight is 629 g/mol. The van der Waals surface area contributed by atoms with E-state index in [0.717, 1.165) is 22.3 Å². The Morgan fingerprint density at radius 3 is 1.74 bits per heavy atom. The lowest BCUT2D eigenvalue weighted by atomic mass is 9.55. The maximum Gasteiger partial charge on any atom is 0.338 e. The van der Waals surface area contributed by atoms with E-state index in [4.69, 9.17) is 9.47 Å². The Morgan fingerprint density at radius 1 is 0.681 bits per heavy atom. The lowest BCUT2D eigenvalue weighted by Gasteiger charge is -2.45. The molecule has 236 valence electrons. The molecule has 4 aromatic rings. The molecule has 0 spiro atoms. The molecule has 1 fully saturated rings. The zero-order chi connectivity index (χ0) is 32.8. The first kappa shape index (κ1) is 30.1. The van der Waals surface area contributed by atoms with Gasteiger partial charge >= 0.3 is 11.9 Å². The van der Waals surface area contributed by atoms with E-state index in [1.165, 1.54) is 29.2 Å². The summed E-state index contributed by atoms with van der Waals surface area (Å²) in [5.41, 5.74) is 5.47. The van der Waals surface area contributed by atoms with Crippen molar-refractivity contribution in [1.82, 2.24) is 0 Å². The van der Waals surface area contributed by atoms with Crippen molar-refractivity contribution in [3.05, 3.63) is 130 Å². The molecule has 1 heterocycles. The van der Waals surface area contributed by atoms with Crippen LogP contribution in [0.4, 0.5) is 11.4 Å². The number of nitrogens with one attached hydrogen (secondary N) is 1. The lowest BCUT2D eigenvalue weighted by Crippen LogP contribution is -2.41. The van der Waals surface area contributed by atoms with Crippen LogP contribution in [0.1, 0.15) is 68.7 Å². The Balaban J connectivity index is 1.03. The minimum atomic E-state index is -0.776. The summed E-state index contributed by atoms with van der Waals surface area (Å²) in [6.07, 6.45) is 0. The Hall–Kier alpha value is -5.57. The molecule has 8 rings (SSSR count). The molecule has 1 N–H and O–H groups in total. The van der Waals surface area contributed by atoms with E-state index in [1.807, 2.05) is 62.4 Å². The van der Waals surface area contributed by atoms with Gasteiger partial charge in [-0.15, -0.1) is 0 Å². The average Bonchev–Trinajstić information content (AvgIpc) is 3.36.